The van der Waals surface area contributed by atoms with Crippen LogP contribution in [0.25, 0.3) is 10.9 Å². The molecule has 2 aromatic carbocycles. The van der Waals surface area contributed by atoms with Gasteiger partial charge in [-0.1, -0.05) is 12.1 Å². The number of H-pyrrole nitrogens is 1. The predicted octanol–water partition coefficient (Wildman–Crippen LogP) is 2.90. The number of hydrogen-bond donors (Lipinski definition) is 1. The zero-order valence-electron chi connectivity index (χ0n) is 17.7. The molecule has 0 spiro atoms. The number of nitrogens with zero attached hydrogens (tertiary/aromatic N) is 5. The second kappa shape index (κ2) is 8.51. The number of ether oxygens (including phenoxy) is 1. The van der Waals surface area contributed by atoms with Gasteiger partial charge in [-0.25, -0.2) is 9.07 Å². The number of pyridine rings is 1. The maximum atomic E-state index is 13.3. The van der Waals surface area contributed by atoms with Crippen molar-refractivity contribution in [2.45, 2.75) is 25.4 Å². The monoisotopic (exact) mass is 434 g/mol. The molecule has 1 unspecified atom stereocenters. The van der Waals surface area contributed by atoms with Gasteiger partial charge in [0.25, 0.3) is 5.56 Å². The molecular weight excluding hydrogens is 411 g/mol. The summed E-state index contributed by atoms with van der Waals surface area (Å²) < 4.78 is 20.3. The van der Waals surface area contributed by atoms with Crippen molar-refractivity contribution in [3.8, 4) is 5.75 Å². The summed E-state index contributed by atoms with van der Waals surface area (Å²) in [7, 11) is 1.60. The number of methoxy groups -OCH3 is 1. The predicted molar refractivity (Wildman–Crippen MR) is 117 cm³/mol. The van der Waals surface area contributed by atoms with Crippen LogP contribution < -0.4 is 10.3 Å². The van der Waals surface area contributed by atoms with Crippen molar-refractivity contribution in [2.24, 2.45) is 0 Å². The molecule has 1 saturated heterocycles. The Bertz CT molecular complexity index is 1290. The molecule has 8 nitrogen and oxygen atoms in total. The second-order valence-electron chi connectivity index (χ2n) is 7.97. The van der Waals surface area contributed by atoms with Gasteiger partial charge in [0.15, 0.2) is 5.82 Å². The molecule has 0 radical (unpaired) electrons. The summed E-state index contributed by atoms with van der Waals surface area (Å²) in [6.07, 6.45) is 2.11. The lowest BCUT2D eigenvalue weighted by Crippen LogP contribution is -2.33. The molecule has 0 amide bonds. The van der Waals surface area contributed by atoms with Gasteiger partial charge in [0.2, 0.25) is 0 Å². The maximum Gasteiger partial charge on any atom is 0.253 e. The van der Waals surface area contributed by atoms with Crippen molar-refractivity contribution in [1.82, 2.24) is 30.1 Å². The highest BCUT2D eigenvalue weighted by molar-refractivity contribution is 5.80. The van der Waals surface area contributed by atoms with Gasteiger partial charge in [0.1, 0.15) is 17.6 Å². The van der Waals surface area contributed by atoms with E-state index in [9.17, 15) is 9.18 Å². The summed E-state index contributed by atoms with van der Waals surface area (Å²) in [6.45, 7) is 2.10. The number of nitrogens with one attached hydrogen (secondary N) is 1. The molecule has 2 aromatic heterocycles. The van der Waals surface area contributed by atoms with E-state index in [1.807, 2.05) is 24.3 Å². The summed E-state index contributed by atoms with van der Waals surface area (Å²) in [5.74, 6) is 0.981. The van der Waals surface area contributed by atoms with Gasteiger partial charge in [-0.3, -0.25) is 9.69 Å². The van der Waals surface area contributed by atoms with Crippen LogP contribution in [0.4, 0.5) is 4.39 Å². The van der Waals surface area contributed by atoms with Crippen molar-refractivity contribution in [3.63, 3.8) is 0 Å². The summed E-state index contributed by atoms with van der Waals surface area (Å²) in [4.78, 5) is 18.4. The van der Waals surface area contributed by atoms with Crippen LogP contribution in [0.2, 0.25) is 0 Å². The number of rotatable bonds is 6. The Labute approximate surface area is 183 Å². The Morgan fingerprint density at radius 1 is 1.12 bits per heavy atom. The van der Waals surface area contributed by atoms with Crippen LogP contribution in [-0.2, 0) is 6.54 Å². The quantitative estimate of drug-likeness (QED) is 0.502. The molecule has 1 N–H and O–H groups in total. The van der Waals surface area contributed by atoms with E-state index in [1.165, 1.54) is 12.1 Å². The molecule has 3 heterocycles. The summed E-state index contributed by atoms with van der Waals surface area (Å²) in [5, 5.41) is 13.3. The van der Waals surface area contributed by atoms with Crippen LogP contribution in [0, 0.1) is 5.82 Å². The molecule has 4 aromatic rings. The van der Waals surface area contributed by atoms with Gasteiger partial charge in [-0.2, -0.15) is 0 Å². The van der Waals surface area contributed by atoms with E-state index in [0.29, 0.717) is 29.2 Å². The number of halogens is 1. The number of fused-ring (bicyclic) bond motifs is 1. The van der Waals surface area contributed by atoms with Crippen molar-refractivity contribution in [2.75, 3.05) is 20.2 Å². The number of hydrogen-bond acceptors (Lipinski definition) is 6. The smallest absolute Gasteiger partial charge is 0.253 e. The number of tetrazole rings is 1. The molecule has 164 valence electrons. The van der Waals surface area contributed by atoms with E-state index in [0.717, 1.165) is 36.9 Å². The normalized spacial score (nSPS) is 15.3. The van der Waals surface area contributed by atoms with Crippen LogP contribution in [0.15, 0.2) is 53.3 Å². The van der Waals surface area contributed by atoms with Crippen LogP contribution >= 0.6 is 0 Å². The minimum absolute atomic E-state index is 0.181. The number of aromatic amines is 1. The van der Waals surface area contributed by atoms with Crippen LogP contribution in [0.1, 0.15) is 35.8 Å². The minimum atomic E-state index is -0.386. The molecule has 1 aliphatic rings. The topological polar surface area (TPSA) is 88.9 Å². The van der Waals surface area contributed by atoms with Crippen molar-refractivity contribution < 1.29 is 9.13 Å². The Morgan fingerprint density at radius 3 is 2.66 bits per heavy atom. The largest absolute Gasteiger partial charge is 0.497 e. The fourth-order valence-corrected chi connectivity index (χ4v) is 4.31. The molecular formula is C23H23FN6O2. The lowest BCUT2D eigenvalue weighted by Gasteiger charge is -2.26. The van der Waals surface area contributed by atoms with Gasteiger partial charge in [0, 0.05) is 11.6 Å². The van der Waals surface area contributed by atoms with E-state index < -0.39 is 0 Å². The zero-order chi connectivity index (χ0) is 22.1. The number of aromatic nitrogens is 5. The van der Waals surface area contributed by atoms with Gasteiger partial charge in [-0.05, 0) is 77.6 Å². The van der Waals surface area contributed by atoms with Crippen molar-refractivity contribution in [1.29, 1.82) is 0 Å². The zero-order valence-corrected chi connectivity index (χ0v) is 17.7. The molecule has 32 heavy (non-hydrogen) atoms. The van der Waals surface area contributed by atoms with Crippen LogP contribution in [0.3, 0.4) is 0 Å². The van der Waals surface area contributed by atoms with Gasteiger partial charge in [0.05, 0.1) is 19.2 Å². The molecule has 1 atom stereocenters. The fourth-order valence-electron chi connectivity index (χ4n) is 4.31. The SMILES string of the molecule is COc1ccc2cc(C(c3nnnn3Cc3ccc(F)cc3)N3CCCC3)c(=O)[nH]c2c1. The minimum Gasteiger partial charge on any atom is -0.497 e. The Hall–Kier alpha value is -3.59. The first-order valence-corrected chi connectivity index (χ1v) is 10.6. The van der Waals surface area contributed by atoms with Gasteiger partial charge < -0.3 is 9.72 Å². The third-order valence-corrected chi connectivity index (χ3v) is 5.93. The highest BCUT2D eigenvalue weighted by atomic mass is 19.1. The van der Waals surface area contributed by atoms with Crippen molar-refractivity contribution in [3.05, 3.63) is 81.7 Å². The summed E-state index contributed by atoms with van der Waals surface area (Å²) in [5.41, 5.74) is 2.00. The van der Waals surface area contributed by atoms with E-state index in [2.05, 4.69) is 25.4 Å². The number of likely N-dealkylation sites (tertiary alicyclic amines) is 1. The summed E-state index contributed by atoms with van der Waals surface area (Å²) >= 11 is 0. The third kappa shape index (κ3) is 3.87. The molecule has 1 aliphatic heterocycles. The first-order chi connectivity index (χ1) is 15.6. The number of benzene rings is 2. The molecule has 9 heteroatoms. The highest BCUT2D eigenvalue weighted by Crippen LogP contribution is 2.30. The lowest BCUT2D eigenvalue weighted by molar-refractivity contribution is 0.263. The van der Waals surface area contributed by atoms with E-state index in [1.54, 1.807) is 23.9 Å². The molecule has 0 saturated carbocycles. The molecule has 0 bridgehead atoms. The van der Waals surface area contributed by atoms with E-state index >= 15 is 0 Å². The lowest BCUT2D eigenvalue weighted by atomic mass is 10.0. The summed E-state index contributed by atoms with van der Waals surface area (Å²) in [6, 6.07) is 13.4. The van der Waals surface area contributed by atoms with Crippen LogP contribution in [0.5, 0.6) is 5.75 Å². The third-order valence-electron chi connectivity index (χ3n) is 5.93. The standard InChI is InChI=1S/C23H23FN6O2/c1-32-18-9-6-16-12-19(23(31)25-20(16)13-18)21(29-10-2-3-11-29)22-26-27-28-30(22)14-15-4-7-17(24)8-5-15/h4-9,12-13,21H,2-3,10-11,14H2,1H3,(H,25,31). The first kappa shape index (κ1) is 20.3. The molecule has 1 fully saturated rings. The average Bonchev–Trinajstić information content (AvgIpc) is 3.49. The van der Waals surface area contributed by atoms with Crippen molar-refractivity contribution >= 4 is 10.9 Å². The van der Waals surface area contributed by atoms with E-state index in [-0.39, 0.29) is 17.4 Å². The van der Waals surface area contributed by atoms with Gasteiger partial charge >= 0.3 is 0 Å². The molecule has 5 rings (SSSR count). The Balaban J connectivity index is 1.59. The Kier molecular flexibility index (Phi) is 5.40. The molecule has 0 aliphatic carbocycles. The highest BCUT2D eigenvalue weighted by Gasteiger charge is 2.32. The first-order valence-electron chi connectivity index (χ1n) is 10.6. The van der Waals surface area contributed by atoms with Gasteiger partial charge in [-0.15, -0.1) is 5.10 Å². The second-order valence-corrected chi connectivity index (χ2v) is 7.97. The average molecular weight is 434 g/mol. The Morgan fingerprint density at radius 2 is 1.91 bits per heavy atom. The van der Waals surface area contributed by atoms with Crippen LogP contribution in [-0.4, -0.2) is 50.3 Å². The maximum absolute atomic E-state index is 13.3. The fraction of sp³-hybridized carbons (Fsp3) is 0.304. The van der Waals surface area contributed by atoms with E-state index in [4.69, 9.17) is 4.74 Å².